The minimum absolute atomic E-state index is 0. The first-order valence-electron chi connectivity index (χ1n) is 6.94. The van der Waals surface area contributed by atoms with Crippen molar-refractivity contribution in [1.82, 2.24) is 10.2 Å². The predicted molar refractivity (Wildman–Crippen MR) is 80.0 cm³/mol. The largest absolute Gasteiger partial charge is 0.445 e. The Labute approximate surface area is 125 Å². The van der Waals surface area contributed by atoms with Crippen LogP contribution in [0.3, 0.4) is 0 Å². The minimum Gasteiger partial charge on any atom is -0.445 e. The van der Waals surface area contributed by atoms with Crippen LogP contribution in [0, 0.1) is 5.41 Å². The van der Waals surface area contributed by atoms with Gasteiger partial charge in [0.25, 0.3) is 0 Å². The van der Waals surface area contributed by atoms with Gasteiger partial charge in [0.15, 0.2) is 0 Å². The van der Waals surface area contributed by atoms with E-state index in [1.807, 2.05) is 35.2 Å². The molecule has 1 aromatic rings. The standard InChI is InChI=1S/C15H20N2O2.ClH/c18-14(19-10-13-4-2-1-3-5-13)17-11-15(12-17)6-8-16-9-7-15;/h1-5,16H,6-12H2;1H. The van der Waals surface area contributed by atoms with Crippen molar-refractivity contribution in [2.45, 2.75) is 19.4 Å². The van der Waals surface area contributed by atoms with Crippen molar-refractivity contribution in [3.8, 4) is 0 Å². The van der Waals surface area contributed by atoms with Gasteiger partial charge in [-0.25, -0.2) is 4.79 Å². The van der Waals surface area contributed by atoms with E-state index < -0.39 is 0 Å². The zero-order chi connectivity index (χ0) is 13.1. The first-order valence-corrected chi connectivity index (χ1v) is 6.94. The molecule has 2 aliphatic heterocycles. The Balaban J connectivity index is 0.00000147. The molecule has 2 fully saturated rings. The molecule has 20 heavy (non-hydrogen) atoms. The number of nitrogens with one attached hydrogen (secondary N) is 1. The lowest BCUT2D eigenvalue weighted by molar-refractivity contribution is -0.0232. The van der Waals surface area contributed by atoms with Crippen LogP contribution in [0.2, 0.25) is 0 Å². The monoisotopic (exact) mass is 296 g/mol. The number of hydrogen-bond donors (Lipinski definition) is 1. The molecule has 0 unspecified atom stereocenters. The van der Waals surface area contributed by atoms with Crippen LogP contribution < -0.4 is 5.32 Å². The molecule has 2 heterocycles. The summed E-state index contributed by atoms with van der Waals surface area (Å²) in [5, 5.41) is 3.36. The second-order valence-corrected chi connectivity index (χ2v) is 5.65. The molecular weight excluding hydrogens is 276 g/mol. The molecule has 5 heteroatoms. The highest BCUT2D eigenvalue weighted by Gasteiger charge is 2.45. The molecular formula is C15H21ClN2O2. The number of rotatable bonds is 2. The van der Waals surface area contributed by atoms with Crippen LogP contribution in [0.5, 0.6) is 0 Å². The highest BCUT2D eigenvalue weighted by molar-refractivity contribution is 5.85. The summed E-state index contributed by atoms with van der Waals surface area (Å²) in [7, 11) is 0. The fraction of sp³-hybridized carbons (Fsp3) is 0.533. The van der Waals surface area contributed by atoms with Crippen molar-refractivity contribution in [3.05, 3.63) is 35.9 Å². The summed E-state index contributed by atoms with van der Waals surface area (Å²) in [5.41, 5.74) is 1.41. The van der Waals surface area contributed by atoms with E-state index in [1.54, 1.807) is 0 Å². The molecule has 1 amide bonds. The maximum atomic E-state index is 11.9. The van der Waals surface area contributed by atoms with Gasteiger partial charge in [-0.2, -0.15) is 0 Å². The number of hydrogen-bond acceptors (Lipinski definition) is 3. The Bertz CT molecular complexity index is 438. The molecule has 0 bridgehead atoms. The van der Waals surface area contributed by atoms with Crippen molar-refractivity contribution in [1.29, 1.82) is 0 Å². The molecule has 4 nitrogen and oxygen atoms in total. The quantitative estimate of drug-likeness (QED) is 0.911. The number of halogens is 1. The zero-order valence-corrected chi connectivity index (χ0v) is 12.3. The third-order valence-electron chi connectivity index (χ3n) is 4.18. The molecule has 3 rings (SSSR count). The molecule has 1 spiro atoms. The summed E-state index contributed by atoms with van der Waals surface area (Å²) >= 11 is 0. The lowest BCUT2D eigenvalue weighted by atomic mass is 9.73. The number of piperidine rings is 1. The minimum atomic E-state index is -0.173. The van der Waals surface area contributed by atoms with Gasteiger partial charge in [-0.05, 0) is 31.5 Å². The highest BCUT2D eigenvalue weighted by Crippen LogP contribution is 2.38. The van der Waals surface area contributed by atoms with Gasteiger partial charge in [-0.15, -0.1) is 12.4 Å². The summed E-state index contributed by atoms with van der Waals surface area (Å²) < 4.78 is 5.34. The van der Waals surface area contributed by atoms with E-state index in [0.717, 1.165) is 31.7 Å². The average Bonchev–Trinajstić information content (AvgIpc) is 2.44. The molecule has 2 aliphatic rings. The number of nitrogens with zero attached hydrogens (tertiary/aromatic N) is 1. The summed E-state index contributed by atoms with van der Waals surface area (Å²) in [6.07, 6.45) is 2.18. The van der Waals surface area contributed by atoms with E-state index >= 15 is 0 Å². The van der Waals surface area contributed by atoms with Gasteiger partial charge < -0.3 is 15.0 Å². The maximum absolute atomic E-state index is 11.9. The average molecular weight is 297 g/mol. The lowest BCUT2D eigenvalue weighted by Gasteiger charge is -2.51. The van der Waals surface area contributed by atoms with E-state index in [-0.39, 0.29) is 18.5 Å². The van der Waals surface area contributed by atoms with E-state index in [9.17, 15) is 4.79 Å². The Morgan fingerprint density at radius 1 is 1.20 bits per heavy atom. The normalized spacial score (nSPS) is 19.9. The molecule has 0 aromatic heterocycles. The van der Waals surface area contributed by atoms with Crippen LogP contribution in [0.15, 0.2) is 30.3 Å². The summed E-state index contributed by atoms with van der Waals surface area (Å²) in [6.45, 7) is 4.25. The van der Waals surface area contributed by atoms with Crippen LogP contribution in [-0.2, 0) is 11.3 Å². The fourth-order valence-corrected chi connectivity index (χ4v) is 2.98. The molecule has 0 saturated carbocycles. The van der Waals surface area contributed by atoms with Gasteiger partial charge in [0, 0.05) is 18.5 Å². The van der Waals surface area contributed by atoms with Gasteiger partial charge >= 0.3 is 6.09 Å². The Kier molecular flexibility index (Phi) is 4.89. The van der Waals surface area contributed by atoms with Gasteiger partial charge in [-0.3, -0.25) is 0 Å². The van der Waals surface area contributed by atoms with E-state index in [1.165, 1.54) is 12.8 Å². The summed E-state index contributed by atoms with van der Waals surface area (Å²) in [4.78, 5) is 13.7. The zero-order valence-electron chi connectivity index (χ0n) is 11.5. The van der Waals surface area contributed by atoms with Gasteiger partial charge in [0.05, 0.1) is 0 Å². The lowest BCUT2D eigenvalue weighted by Crippen LogP contribution is -2.61. The number of carbonyl (C=O) groups is 1. The fourth-order valence-electron chi connectivity index (χ4n) is 2.98. The second kappa shape index (κ2) is 6.46. The molecule has 1 N–H and O–H groups in total. The first-order chi connectivity index (χ1) is 9.27. The van der Waals surface area contributed by atoms with Crippen molar-refractivity contribution in [3.63, 3.8) is 0 Å². The molecule has 2 saturated heterocycles. The second-order valence-electron chi connectivity index (χ2n) is 5.65. The van der Waals surface area contributed by atoms with Crippen LogP contribution in [-0.4, -0.2) is 37.2 Å². The number of likely N-dealkylation sites (tertiary alicyclic amines) is 1. The molecule has 110 valence electrons. The number of ether oxygens (including phenoxy) is 1. The Morgan fingerprint density at radius 2 is 1.85 bits per heavy atom. The molecule has 0 atom stereocenters. The number of carbonyl (C=O) groups excluding carboxylic acids is 1. The molecule has 0 radical (unpaired) electrons. The molecule has 0 aliphatic carbocycles. The van der Waals surface area contributed by atoms with E-state index in [2.05, 4.69) is 5.32 Å². The molecule has 1 aromatic carbocycles. The van der Waals surface area contributed by atoms with Crippen molar-refractivity contribution in [2.75, 3.05) is 26.2 Å². The summed E-state index contributed by atoms with van der Waals surface area (Å²) in [5.74, 6) is 0. The van der Waals surface area contributed by atoms with Crippen LogP contribution in [0.4, 0.5) is 4.79 Å². The number of benzene rings is 1. The maximum Gasteiger partial charge on any atom is 0.410 e. The van der Waals surface area contributed by atoms with Gasteiger partial charge in [0.1, 0.15) is 6.61 Å². The van der Waals surface area contributed by atoms with Crippen molar-refractivity contribution in [2.24, 2.45) is 5.41 Å². The Hall–Kier alpha value is -1.26. The topological polar surface area (TPSA) is 41.6 Å². The van der Waals surface area contributed by atoms with Crippen molar-refractivity contribution >= 4 is 18.5 Å². The Morgan fingerprint density at radius 3 is 2.50 bits per heavy atom. The van der Waals surface area contributed by atoms with Crippen LogP contribution in [0.25, 0.3) is 0 Å². The van der Waals surface area contributed by atoms with Crippen LogP contribution >= 0.6 is 12.4 Å². The first kappa shape index (κ1) is 15.1. The highest BCUT2D eigenvalue weighted by atomic mass is 35.5. The van der Waals surface area contributed by atoms with Crippen molar-refractivity contribution < 1.29 is 9.53 Å². The van der Waals surface area contributed by atoms with Gasteiger partial charge in [0.2, 0.25) is 0 Å². The summed E-state index contributed by atoms with van der Waals surface area (Å²) in [6, 6.07) is 9.81. The smallest absolute Gasteiger partial charge is 0.410 e. The number of amides is 1. The predicted octanol–water partition coefficient (Wildman–Crippen LogP) is 2.43. The SMILES string of the molecule is Cl.O=C(OCc1ccccc1)N1CC2(CCNCC2)C1. The van der Waals surface area contributed by atoms with E-state index in [0.29, 0.717) is 12.0 Å². The van der Waals surface area contributed by atoms with E-state index in [4.69, 9.17) is 4.74 Å². The van der Waals surface area contributed by atoms with Crippen LogP contribution in [0.1, 0.15) is 18.4 Å². The third-order valence-corrected chi connectivity index (χ3v) is 4.18. The third kappa shape index (κ3) is 3.25. The van der Waals surface area contributed by atoms with Gasteiger partial charge in [-0.1, -0.05) is 30.3 Å².